The molecule has 5 rings (SSSR count). The molecule has 1 aliphatic carbocycles. The maximum atomic E-state index is 14.2. The van der Waals surface area contributed by atoms with Crippen LogP contribution in [0.5, 0.6) is 0 Å². The number of hydrogen-bond donors (Lipinski definition) is 0. The summed E-state index contributed by atoms with van der Waals surface area (Å²) in [6, 6.07) is 9.05. The number of benzene rings is 1. The largest absolute Gasteiger partial charge is 0.364 e. The molecule has 0 bridgehead atoms. The summed E-state index contributed by atoms with van der Waals surface area (Å²) in [7, 11) is 0. The summed E-state index contributed by atoms with van der Waals surface area (Å²) in [4.78, 5) is 16.6. The summed E-state index contributed by atoms with van der Waals surface area (Å²) >= 11 is 0. The Morgan fingerprint density at radius 3 is 2.57 bits per heavy atom. The number of carbonyl (C=O) groups is 1. The van der Waals surface area contributed by atoms with E-state index < -0.39 is 0 Å². The van der Waals surface area contributed by atoms with E-state index in [4.69, 9.17) is 4.52 Å². The van der Waals surface area contributed by atoms with E-state index in [1.807, 2.05) is 29.2 Å². The van der Waals surface area contributed by atoms with Gasteiger partial charge in [-0.2, -0.15) is 0 Å². The number of amides is 1. The SMILES string of the molecule is O=C(Cc1ccc(C2CC2)c(F)c1)N1CCN(c2ccc(-c3cnoc3)nn2)CC1. The monoisotopic (exact) mass is 407 g/mol. The third-order valence-corrected chi connectivity index (χ3v) is 5.77. The third-order valence-electron chi connectivity index (χ3n) is 5.77. The fourth-order valence-corrected chi connectivity index (χ4v) is 3.86. The number of hydrogen-bond acceptors (Lipinski definition) is 6. The van der Waals surface area contributed by atoms with Gasteiger partial charge in [0, 0.05) is 26.2 Å². The van der Waals surface area contributed by atoms with E-state index in [0.29, 0.717) is 37.8 Å². The van der Waals surface area contributed by atoms with Gasteiger partial charge >= 0.3 is 0 Å². The van der Waals surface area contributed by atoms with Crippen LogP contribution in [-0.2, 0) is 11.2 Å². The van der Waals surface area contributed by atoms with Crippen molar-refractivity contribution in [3.8, 4) is 11.3 Å². The zero-order valence-corrected chi connectivity index (χ0v) is 16.5. The second kappa shape index (κ2) is 7.85. The van der Waals surface area contributed by atoms with Gasteiger partial charge in [0.05, 0.1) is 23.9 Å². The predicted octanol–water partition coefficient (Wildman–Crippen LogP) is 3.04. The Morgan fingerprint density at radius 1 is 1.10 bits per heavy atom. The second-order valence-corrected chi connectivity index (χ2v) is 7.86. The molecule has 0 spiro atoms. The fraction of sp³-hybridized carbons (Fsp3) is 0.364. The summed E-state index contributed by atoms with van der Waals surface area (Å²) in [5.41, 5.74) is 3.01. The highest BCUT2D eigenvalue weighted by molar-refractivity contribution is 5.79. The molecule has 0 N–H and O–H groups in total. The molecule has 0 radical (unpaired) electrons. The molecule has 8 heteroatoms. The highest BCUT2D eigenvalue weighted by atomic mass is 19.1. The van der Waals surface area contributed by atoms with Crippen LogP contribution < -0.4 is 4.90 Å². The van der Waals surface area contributed by atoms with Crippen molar-refractivity contribution in [1.29, 1.82) is 0 Å². The number of aromatic nitrogens is 3. The van der Waals surface area contributed by atoms with Crippen molar-refractivity contribution in [2.45, 2.75) is 25.2 Å². The van der Waals surface area contributed by atoms with Crippen molar-refractivity contribution >= 4 is 11.7 Å². The standard InChI is InChI=1S/C22H22FN5O2/c23-19-11-15(1-4-18(19)16-2-3-16)12-22(29)28-9-7-27(8-10-28)21-6-5-20(25-26-21)17-13-24-30-14-17/h1,4-6,11,13-14,16H,2-3,7-10,12H2. The van der Waals surface area contributed by atoms with Crippen LogP contribution in [0.25, 0.3) is 11.3 Å². The van der Waals surface area contributed by atoms with Crippen LogP contribution in [0.4, 0.5) is 10.2 Å². The molecule has 1 saturated carbocycles. The van der Waals surface area contributed by atoms with Crippen LogP contribution >= 0.6 is 0 Å². The van der Waals surface area contributed by atoms with Gasteiger partial charge in [-0.25, -0.2) is 4.39 Å². The average Bonchev–Trinajstić information content (AvgIpc) is 3.46. The fourth-order valence-electron chi connectivity index (χ4n) is 3.86. The molecular weight excluding hydrogens is 385 g/mol. The zero-order chi connectivity index (χ0) is 20.5. The van der Waals surface area contributed by atoms with E-state index in [-0.39, 0.29) is 18.1 Å². The third kappa shape index (κ3) is 3.90. The molecule has 3 heterocycles. The van der Waals surface area contributed by atoms with Gasteiger partial charge < -0.3 is 14.3 Å². The van der Waals surface area contributed by atoms with E-state index in [1.54, 1.807) is 6.20 Å². The molecular formula is C22H22FN5O2. The van der Waals surface area contributed by atoms with E-state index >= 15 is 0 Å². The van der Waals surface area contributed by atoms with Crippen molar-refractivity contribution in [3.05, 3.63) is 59.7 Å². The summed E-state index contributed by atoms with van der Waals surface area (Å²) < 4.78 is 19.1. The maximum Gasteiger partial charge on any atom is 0.227 e. The molecule has 0 atom stereocenters. The molecule has 0 unspecified atom stereocenters. The first-order valence-electron chi connectivity index (χ1n) is 10.2. The van der Waals surface area contributed by atoms with Gasteiger partial charge in [-0.05, 0) is 48.1 Å². The Labute approximate surface area is 173 Å². The molecule has 3 aromatic rings. The minimum Gasteiger partial charge on any atom is -0.364 e. The molecule has 1 saturated heterocycles. The van der Waals surface area contributed by atoms with Crippen LogP contribution in [0.15, 0.2) is 47.3 Å². The molecule has 2 fully saturated rings. The molecule has 1 amide bonds. The molecule has 1 aromatic carbocycles. The lowest BCUT2D eigenvalue weighted by atomic mass is 10.0. The number of carbonyl (C=O) groups excluding carboxylic acids is 1. The zero-order valence-electron chi connectivity index (χ0n) is 16.5. The van der Waals surface area contributed by atoms with Gasteiger partial charge in [0.2, 0.25) is 5.91 Å². The van der Waals surface area contributed by atoms with Gasteiger partial charge in [0.15, 0.2) is 5.82 Å². The first kappa shape index (κ1) is 18.7. The number of rotatable bonds is 5. The lowest BCUT2D eigenvalue weighted by Gasteiger charge is -2.35. The summed E-state index contributed by atoms with van der Waals surface area (Å²) in [6.07, 6.45) is 5.48. The predicted molar refractivity (Wildman–Crippen MR) is 108 cm³/mol. The van der Waals surface area contributed by atoms with Crippen LogP contribution in [0, 0.1) is 5.82 Å². The minimum atomic E-state index is -0.180. The Morgan fingerprint density at radius 2 is 1.93 bits per heavy atom. The summed E-state index contributed by atoms with van der Waals surface area (Å²) in [6.45, 7) is 2.58. The molecule has 7 nitrogen and oxygen atoms in total. The van der Waals surface area contributed by atoms with Gasteiger partial charge in [0.25, 0.3) is 0 Å². The van der Waals surface area contributed by atoms with E-state index in [1.165, 1.54) is 12.3 Å². The summed E-state index contributed by atoms with van der Waals surface area (Å²) in [5, 5.41) is 12.2. The Kier molecular flexibility index (Phi) is 4.90. The lowest BCUT2D eigenvalue weighted by molar-refractivity contribution is -0.130. The van der Waals surface area contributed by atoms with Crippen molar-refractivity contribution in [2.75, 3.05) is 31.1 Å². The van der Waals surface area contributed by atoms with Gasteiger partial charge in [-0.3, -0.25) is 4.79 Å². The van der Waals surface area contributed by atoms with Crippen LogP contribution in [0.1, 0.15) is 29.9 Å². The lowest BCUT2D eigenvalue weighted by Crippen LogP contribution is -2.49. The smallest absolute Gasteiger partial charge is 0.227 e. The molecule has 1 aliphatic heterocycles. The van der Waals surface area contributed by atoms with Gasteiger partial charge in [-0.15, -0.1) is 10.2 Å². The highest BCUT2D eigenvalue weighted by Gasteiger charge is 2.27. The average molecular weight is 407 g/mol. The number of nitrogens with zero attached hydrogens (tertiary/aromatic N) is 5. The first-order valence-corrected chi connectivity index (χ1v) is 10.2. The highest BCUT2D eigenvalue weighted by Crippen LogP contribution is 2.41. The van der Waals surface area contributed by atoms with E-state index in [9.17, 15) is 9.18 Å². The van der Waals surface area contributed by atoms with Gasteiger partial charge in [-0.1, -0.05) is 17.3 Å². The van der Waals surface area contributed by atoms with E-state index in [2.05, 4.69) is 20.3 Å². The number of piperazine rings is 1. The number of anilines is 1. The van der Waals surface area contributed by atoms with Crippen LogP contribution in [0.2, 0.25) is 0 Å². The van der Waals surface area contributed by atoms with Crippen molar-refractivity contribution in [3.63, 3.8) is 0 Å². The topological polar surface area (TPSA) is 75.4 Å². The van der Waals surface area contributed by atoms with Crippen LogP contribution in [0.3, 0.4) is 0 Å². The normalized spacial score (nSPS) is 16.7. The van der Waals surface area contributed by atoms with Crippen LogP contribution in [-0.4, -0.2) is 52.3 Å². The maximum absolute atomic E-state index is 14.2. The Bertz CT molecular complexity index is 1030. The van der Waals surface area contributed by atoms with Gasteiger partial charge in [0.1, 0.15) is 12.1 Å². The Hall–Kier alpha value is -3.29. The Balaban J connectivity index is 1.16. The minimum absolute atomic E-state index is 0.0297. The molecule has 30 heavy (non-hydrogen) atoms. The number of halogens is 1. The van der Waals surface area contributed by atoms with Crippen molar-refractivity contribution in [2.24, 2.45) is 0 Å². The molecule has 154 valence electrons. The summed E-state index contributed by atoms with van der Waals surface area (Å²) in [5.74, 6) is 0.999. The van der Waals surface area contributed by atoms with E-state index in [0.717, 1.165) is 35.3 Å². The molecule has 2 aliphatic rings. The van der Waals surface area contributed by atoms with Crippen molar-refractivity contribution < 1.29 is 13.7 Å². The molecule has 2 aromatic heterocycles. The quantitative estimate of drug-likeness (QED) is 0.647. The van der Waals surface area contributed by atoms with Crippen molar-refractivity contribution in [1.82, 2.24) is 20.3 Å². The first-order chi connectivity index (χ1) is 14.7. The second-order valence-electron chi connectivity index (χ2n) is 7.86.